The van der Waals surface area contributed by atoms with Gasteiger partial charge >= 0.3 is 5.97 Å². The monoisotopic (exact) mass is 510 g/mol. The molecule has 2 N–H and O–H groups in total. The molecule has 0 bridgehead atoms. The third-order valence-corrected chi connectivity index (χ3v) is 9.73. The van der Waals surface area contributed by atoms with Crippen molar-refractivity contribution in [3.8, 4) is 0 Å². The number of fused-ring (bicyclic) bond motifs is 5. The summed E-state index contributed by atoms with van der Waals surface area (Å²) in [6, 6.07) is 0. The summed E-state index contributed by atoms with van der Waals surface area (Å²) >= 11 is 5.23. The summed E-state index contributed by atoms with van der Waals surface area (Å²) in [4.78, 5) is 48.0. The third-order valence-electron chi connectivity index (χ3n) is 9.54. The van der Waals surface area contributed by atoms with E-state index in [1.807, 2.05) is 0 Å². The van der Waals surface area contributed by atoms with Gasteiger partial charge in [0.05, 0.1) is 12.5 Å². The standard InChI is InChI=1S/C26H32ClFO7/c1-14-10-18-17-5-4-15-11-16(29)8-9-23(15,2)25(17,28)19(30)12-24(18,3)26(14,34)20(31)13-35-22(33)7-6-21(27)32/h8-9,11,14,17-19,30,34H,4-7,10,12-13H2,1-3H3/t14-,17+,18+,19+,23+,24+,25+,26+/m1/s1. The number of aliphatic hydroxyl groups is 2. The van der Waals surface area contributed by atoms with Gasteiger partial charge in [0.2, 0.25) is 11.0 Å². The Morgan fingerprint density at radius 3 is 2.57 bits per heavy atom. The second kappa shape index (κ2) is 8.60. The molecule has 0 heterocycles. The molecule has 192 valence electrons. The molecular weight excluding hydrogens is 479 g/mol. The average Bonchev–Trinajstić information content (AvgIpc) is 2.99. The van der Waals surface area contributed by atoms with Crippen LogP contribution in [-0.4, -0.2) is 57.0 Å². The zero-order chi connectivity index (χ0) is 26.0. The van der Waals surface area contributed by atoms with Gasteiger partial charge in [-0.15, -0.1) is 0 Å². The molecule has 8 atom stereocenters. The molecule has 0 radical (unpaired) electrons. The first-order valence-electron chi connectivity index (χ1n) is 12.1. The second-order valence-corrected chi connectivity index (χ2v) is 11.5. The van der Waals surface area contributed by atoms with E-state index in [0.29, 0.717) is 24.8 Å². The van der Waals surface area contributed by atoms with Crippen LogP contribution in [0.2, 0.25) is 0 Å². The minimum Gasteiger partial charge on any atom is -0.458 e. The highest BCUT2D eigenvalue weighted by Crippen LogP contribution is 2.70. The topological polar surface area (TPSA) is 118 Å². The molecule has 7 nitrogen and oxygen atoms in total. The van der Waals surface area contributed by atoms with Crippen LogP contribution in [0.25, 0.3) is 0 Å². The van der Waals surface area contributed by atoms with Gasteiger partial charge in [-0.25, -0.2) is 4.39 Å². The Kier molecular flexibility index (Phi) is 6.43. The van der Waals surface area contributed by atoms with Crippen LogP contribution < -0.4 is 0 Å². The van der Waals surface area contributed by atoms with E-state index in [9.17, 15) is 29.4 Å². The van der Waals surface area contributed by atoms with Crippen LogP contribution in [-0.2, 0) is 23.9 Å². The Bertz CT molecular complexity index is 1040. The molecule has 0 aliphatic heterocycles. The van der Waals surface area contributed by atoms with Crippen LogP contribution in [0.5, 0.6) is 0 Å². The van der Waals surface area contributed by atoms with Crippen molar-refractivity contribution in [1.82, 2.24) is 0 Å². The maximum Gasteiger partial charge on any atom is 0.306 e. The second-order valence-electron chi connectivity index (χ2n) is 11.1. The number of halogens is 2. The molecule has 0 aromatic heterocycles. The van der Waals surface area contributed by atoms with Crippen LogP contribution in [0.3, 0.4) is 0 Å². The van der Waals surface area contributed by atoms with Gasteiger partial charge in [0.15, 0.2) is 18.1 Å². The average molecular weight is 511 g/mol. The number of rotatable bonds is 6. The normalized spacial score (nSPS) is 44.1. The smallest absolute Gasteiger partial charge is 0.306 e. The van der Waals surface area contributed by atoms with Crippen molar-refractivity contribution in [2.75, 3.05) is 6.61 Å². The molecular formula is C26H32ClFO7. The number of esters is 1. The lowest BCUT2D eigenvalue weighted by atomic mass is 9.44. The van der Waals surface area contributed by atoms with E-state index in [1.54, 1.807) is 26.8 Å². The van der Waals surface area contributed by atoms with Gasteiger partial charge < -0.3 is 14.9 Å². The van der Waals surface area contributed by atoms with Crippen molar-refractivity contribution in [3.05, 3.63) is 23.8 Å². The molecule has 4 aliphatic carbocycles. The summed E-state index contributed by atoms with van der Waals surface area (Å²) in [6.45, 7) is 4.45. The molecule has 4 rings (SSSR count). The molecule has 0 spiro atoms. The fourth-order valence-corrected chi connectivity index (χ4v) is 7.76. The predicted octanol–water partition coefficient (Wildman–Crippen LogP) is 2.99. The van der Waals surface area contributed by atoms with Crippen LogP contribution in [0.4, 0.5) is 4.39 Å². The van der Waals surface area contributed by atoms with Gasteiger partial charge in [-0.2, -0.15) is 0 Å². The maximum atomic E-state index is 17.1. The number of Topliss-reactive ketones (excluding diaryl/α,β-unsaturated/α-hetero) is 1. The highest BCUT2D eigenvalue weighted by molar-refractivity contribution is 6.63. The minimum absolute atomic E-state index is 0.156. The Morgan fingerprint density at radius 2 is 1.91 bits per heavy atom. The van der Waals surface area contributed by atoms with Crippen LogP contribution in [0.1, 0.15) is 59.3 Å². The lowest BCUT2D eigenvalue weighted by Crippen LogP contribution is -2.69. The van der Waals surface area contributed by atoms with E-state index >= 15 is 4.39 Å². The van der Waals surface area contributed by atoms with E-state index in [-0.39, 0.29) is 25.0 Å². The van der Waals surface area contributed by atoms with Gasteiger partial charge in [-0.05, 0) is 68.2 Å². The maximum absolute atomic E-state index is 17.1. The Labute approximate surface area is 208 Å². The molecule has 0 amide bonds. The van der Waals surface area contributed by atoms with Crippen LogP contribution in [0, 0.1) is 28.6 Å². The largest absolute Gasteiger partial charge is 0.458 e. The number of carbonyl (C=O) groups is 4. The number of alkyl halides is 1. The molecule has 0 aromatic rings. The van der Waals surface area contributed by atoms with E-state index in [1.165, 1.54) is 12.2 Å². The third kappa shape index (κ3) is 3.58. The highest BCUT2D eigenvalue weighted by atomic mass is 35.5. The van der Waals surface area contributed by atoms with Gasteiger partial charge in [0.25, 0.3) is 0 Å². The predicted molar refractivity (Wildman–Crippen MR) is 124 cm³/mol. The minimum atomic E-state index is -2.06. The summed E-state index contributed by atoms with van der Waals surface area (Å²) in [6.07, 6.45) is 3.46. The lowest BCUT2D eigenvalue weighted by molar-refractivity contribution is -0.220. The molecule has 0 unspecified atom stereocenters. The number of ether oxygens (including phenoxy) is 1. The van der Waals surface area contributed by atoms with Crippen molar-refractivity contribution in [2.24, 2.45) is 28.6 Å². The fraction of sp³-hybridized carbons (Fsp3) is 0.692. The Balaban J connectivity index is 1.62. The molecule has 0 aromatic carbocycles. The number of hydrogen-bond donors (Lipinski definition) is 2. The number of hydrogen-bond acceptors (Lipinski definition) is 7. The summed E-state index contributed by atoms with van der Waals surface area (Å²) in [5, 5.41) is 22.4. The first-order valence-corrected chi connectivity index (χ1v) is 12.5. The summed E-state index contributed by atoms with van der Waals surface area (Å²) in [5.74, 6) is -3.30. The SMILES string of the molecule is C[C@@H]1C[C@H]2[C@@H]3CCC4=CC(=O)C=C[C@]4(C)[C@@]3(F)[C@@H](O)C[C@]2(C)[C@@]1(O)C(=O)COC(=O)CCC(=O)Cl. The lowest BCUT2D eigenvalue weighted by Gasteiger charge is -2.62. The molecule has 0 saturated heterocycles. The fourth-order valence-electron chi connectivity index (χ4n) is 7.67. The zero-order valence-electron chi connectivity index (χ0n) is 20.2. The van der Waals surface area contributed by atoms with Gasteiger partial charge in [-0.3, -0.25) is 19.2 Å². The first-order chi connectivity index (χ1) is 16.2. The van der Waals surface area contributed by atoms with Gasteiger partial charge in [0, 0.05) is 23.2 Å². The van der Waals surface area contributed by atoms with E-state index < -0.39 is 69.6 Å². The molecule has 9 heteroatoms. The van der Waals surface area contributed by atoms with Gasteiger partial charge in [-0.1, -0.05) is 25.5 Å². The molecule has 3 fully saturated rings. The zero-order valence-corrected chi connectivity index (χ0v) is 20.9. The van der Waals surface area contributed by atoms with Crippen molar-refractivity contribution < 1.29 is 38.5 Å². The molecule has 3 saturated carbocycles. The van der Waals surface area contributed by atoms with Crippen molar-refractivity contribution >= 4 is 34.4 Å². The molecule has 35 heavy (non-hydrogen) atoms. The summed E-state index contributed by atoms with van der Waals surface area (Å²) in [7, 11) is 0. The van der Waals surface area contributed by atoms with Crippen molar-refractivity contribution in [1.29, 1.82) is 0 Å². The van der Waals surface area contributed by atoms with Crippen molar-refractivity contribution in [2.45, 2.75) is 76.7 Å². The number of carbonyl (C=O) groups excluding carboxylic acids is 4. The molecule has 4 aliphatic rings. The van der Waals surface area contributed by atoms with Crippen LogP contribution in [0.15, 0.2) is 23.8 Å². The number of allylic oxidation sites excluding steroid dienone is 4. The Morgan fingerprint density at radius 1 is 1.23 bits per heavy atom. The number of ketones is 2. The van der Waals surface area contributed by atoms with Crippen LogP contribution >= 0.6 is 11.6 Å². The highest BCUT2D eigenvalue weighted by Gasteiger charge is 2.75. The quantitative estimate of drug-likeness (QED) is 0.416. The summed E-state index contributed by atoms with van der Waals surface area (Å²) < 4.78 is 22.1. The summed E-state index contributed by atoms with van der Waals surface area (Å²) in [5.41, 5.74) is -5.64. The van der Waals surface area contributed by atoms with E-state index in [0.717, 1.165) is 0 Å². The first kappa shape index (κ1) is 26.2. The van der Waals surface area contributed by atoms with E-state index in [4.69, 9.17) is 16.3 Å². The number of aliphatic hydroxyl groups excluding tert-OH is 1. The van der Waals surface area contributed by atoms with E-state index in [2.05, 4.69) is 0 Å². The van der Waals surface area contributed by atoms with Gasteiger partial charge in [0.1, 0.15) is 5.60 Å². The van der Waals surface area contributed by atoms with Crippen molar-refractivity contribution in [3.63, 3.8) is 0 Å². The Hall–Kier alpha value is -1.90.